The number of nitrogens with zero attached hydrogens (tertiary/aromatic N) is 2. The molecule has 4 aromatic rings. The monoisotopic (exact) mass is 420 g/mol. The van der Waals surface area contributed by atoms with Crippen LogP contribution in [0.2, 0.25) is 0 Å². The summed E-state index contributed by atoms with van der Waals surface area (Å²) in [6, 6.07) is 22.0. The predicted molar refractivity (Wildman–Crippen MR) is 113 cm³/mol. The molecule has 0 saturated carbocycles. The van der Waals surface area contributed by atoms with E-state index in [1.807, 2.05) is 47.3 Å². The van der Waals surface area contributed by atoms with Gasteiger partial charge in [-0.3, -0.25) is 0 Å². The smallest absolute Gasteiger partial charge is 0.172 e. The van der Waals surface area contributed by atoms with Crippen LogP contribution in [0.15, 0.2) is 82.5 Å². The first-order valence-electron chi connectivity index (χ1n) is 8.44. The van der Waals surface area contributed by atoms with Crippen LogP contribution >= 0.6 is 15.9 Å². The van der Waals surface area contributed by atoms with Crippen molar-refractivity contribution in [2.24, 2.45) is 5.10 Å². The van der Waals surface area contributed by atoms with E-state index in [-0.39, 0.29) is 5.75 Å². The number of halogens is 1. The molecule has 4 rings (SSSR count). The van der Waals surface area contributed by atoms with Crippen molar-refractivity contribution in [3.63, 3.8) is 0 Å². The van der Waals surface area contributed by atoms with E-state index in [9.17, 15) is 5.11 Å². The minimum atomic E-state index is 0.0763. The Morgan fingerprint density at radius 3 is 2.56 bits per heavy atom. The van der Waals surface area contributed by atoms with E-state index < -0.39 is 0 Å². The molecule has 0 bridgehead atoms. The topological polar surface area (TPSA) is 46.8 Å². The zero-order valence-corrected chi connectivity index (χ0v) is 16.2. The fraction of sp³-hybridized carbons (Fsp3) is 0.0455. The molecule has 0 fully saturated rings. The number of rotatable bonds is 4. The molecule has 27 heavy (non-hydrogen) atoms. The summed E-state index contributed by atoms with van der Waals surface area (Å²) in [6.07, 6.45) is 3.77. The number of benzene rings is 3. The normalized spacial score (nSPS) is 11.3. The first-order valence-corrected chi connectivity index (χ1v) is 9.23. The number of ether oxygens (including phenoxy) is 1. The summed E-state index contributed by atoms with van der Waals surface area (Å²) >= 11 is 3.34. The molecule has 0 radical (unpaired) electrons. The summed E-state index contributed by atoms with van der Waals surface area (Å²) in [5, 5.41) is 15.7. The lowest BCUT2D eigenvalue weighted by Crippen LogP contribution is -1.91. The van der Waals surface area contributed by atoms with Gasteiger partial charge in [0.05, 0.1) is 23.3 Å². The first-order chi connectivity index (χ1) is 13.2. The van der Waals surface area contributed by atoms with Crippen LogP contribution in [0.3, 0.4) is 0 Å². The Morgan fingerprint density at radius 1 is 1.04 bits per heavy atom. The SMILES string of the molecule is COc1cc(C=Nn2cc(-c3ccccc3)c3ccccc32)cc(Br)c1O. The van der Waals surface area contributed by atoms with Gasteiger partial charge in [0.25, 0.3) is 0 Å². The molecule has 0 aliphatic carbocycles. The Morgan fingerprint density at radius 2 is 1.78 bits per heavy atom. The molecule has 134 valence electrons. The maximum absolute atomic E-state index is 9.96. The van der Waals surface area contributed by atoms with E-state index in [4.69, 9.17) is 4.74 Å². The number of methoxy groups -OCH3 is 1. The third-order valence-electron chi connectivity index (χ3n) is 4.38. The molecule has 1 N–H and O–H groups in total. The van der Waals surface area contributed by atoms with Crippen LogP contribution in [0.5, 0.6) is 11.5 Å². The second-order valence-electron chi connectivity index (χ2n) is 6.07. The van der Waals surface area contributed by atoms with Gasteiger partial charge in [-0.25, -0.2) is 4.68 Å². The maximum Gasteiger partial charge on any atom is 0.172 e. The molecule has 3 aromatic carbocycles. The minimum absolute atomic E-state index is 0.0763. The van der Waals surface area contributed by atoms with Crippen LogP contribution in [0.1, 0.15) is 5.56 Å². The molecule has 0 aliphatic heterocycles. The zero-order valence-electron chi connectivity index (χ0n) is 14.6. The molecule has 0 spiro atoms. The summed E-state index contributed by atoms with van der Waals surface area (Å²) in [4.78, 5) is 0. The number of aromatic nitrogens is 1. The first kappa shape index (κ1) is 17.4. The highest BCUT2D eigenvalue weighted by atomic mass is 79.9. The van der Waals surface area contributed by atoms with Gasteiger partial charge >= 0.3 is 0 Å². The molecular formula is C22H17BrN2O2. The highest BCUT2D eigenvalue weighted by molar-refractivity contribution is 9.10. The van der Waals surface area contributed by atoms with Gasteiger partial charge in [-0.1, -0.05) is 48.5 Å². The van der Waals surface area contributed by atoms with E-state index in [1.54, 1.807) is 18.3 Å². The Hall–Kier alpha value is -3.05. The lowest BCUT2D eigenvalue weighted by atomic mass is 10.1. The third kappa shape index (κ3) is 3.34. The Labute approximate surface area is 165 Å². The molecule has 0 unspecified atom stereocenters. The number of para-hydroxylation sites is 1. The molecule has 0 saturated heterocycles. The van der Waals surface area contributed by atoms with Crippen molar-refractivity contribution in [2.45, 2.75) is 0 Å². The van der Waals surface area contributed by atoms with Crippen molar-refractivity contribution < 1.29 is 9.84 Å². The highest BCUT2D eigenvalue weighted by Gasteiger charge is 2.10. The molecular weight excluding hydrogens is 404 g/mol. The highest BCUT2D eigenvalue weighted by Crippen LogP contribution is 2.35. The number of hydrogen-bond donors (Lipinski definition) is 1. The summed E-state index contributed by atoms with van der Waals surface area (Å²) in [6.45, 7) is 0. The van der Waals surface area contributed by atoms with E-state index in [0.29, 0.717) is 10.2 Å². The fourth-order valence-corrected chi connectivity index (χ4v) is 3.52. The lowest BCUT2D eigenvalue weighted by molar-refractivity contribution is 0.372. The number of hydrogen-bond acceptors (Lipinski definition) is 3. The molecule has 0 aliphatic rings. The maximum atomic E-state index is 9.96. The number of aromatic hydroxyl groups is 1. The average Bonchev–Trinajstić information content (AvgIpc) is 3.08. The van der Waals surface area contributed by atoms with Crippen LogP contribution in [-0.4, -0.2) is 23.1 Å². The summed E-state index contributed by atoms with van der Waals surface area (Å²) in [7, 11) is 1.52. The van der Waals surface area contributed by atoms with Crippen LogP contribution in [0.4, 0.5) is 0 Å². The van der Waals surface area contributed by atoms with Gasteiger partial charge in [0.1, 0.15) is 0 Å². The van der Waals surface area contributed by atoms with Gasteiger partial charge in [-0.2, -0.15) is 5.10 Å². The molecule has 0 amide bonds. The van der Waals surface area contributed by atoms with Crippen molar-refractivity contribution in [3.8, 4) is 22.6 Å². The van der Waals surface area contributed by atoms with E-state index in [1.165, 1.54) is 7.11 Å². The molecule has 0 atom stereocenters. The third-order valence-corrected chi connectivity index (χ3v) is 4.98. The van der Waals surface area contributed by atoms with E-state index in [2.05, 4.69) is 39.2 Å². The average molecular weight is 421 g/mol. The predicted octanol–water partition coefficient (Wildman–Crippen LogP) is 5.67. The number of phenols is 1. The van der Waals surface area contributed by atoms with Gasteiger partial charge in [0.2, 0.25) is 0 Å². The van der Waals surface area contributed by atoms with Gasteiger partial charge in [-0.15, -0.1) is 0 Å². The zero-order chi connectivity index (χ0) is 18.8. The van der Waals surface area contributed by atoms with Gasteiger partial charge < -0.3 is 9.84 Å². The van der Waals surface area contributed by atoms with Crippen molar-refractivity contribution in [2.75, 3.05) is 7.11 Å². The Bertz CT molecular complexity index is 1130. The van der Waals surface area contributed by atoms with E-state index in [0.717, 1.165) is 27.6 Å². The lowest BCUT2D eigenvalue weighted by Gasteiger charge is -2.06. The van der Waals surface area contributed by atoms with Gasteiger partial charge in [-0.05, 0) is 45.3 Å². The summed E-state index contributed by atoms with van der Waals surface area (Å²) < 4.78 is 7.63. The van der Waals surface area contributed by atoms with Crippen LogP contribution in [-0.2, 0) is 0 Å². The number of phenolic OH excluding ortho intramolecular Hbond substituents is 1. The second kappa shape index (κ2) is 7.29. The largest absolute Gasteiger partial charge is 0.503 e. The van der Waals surface area contributed by atoms with Crippen molar-refractivity contribution in [1.82, 2.24) is 4.68 Å². The Balaban J connectivity index is 1.79. The van der Waals surface area contributed by atoms with Gasteiger partial charge in [0.15, 0.2) is 11.5 Å². The van der Waals surface area contributed by atoms with Crippen LogP contribution in [0, 0.1) is 0 Å². The van der Waals surface area contributed by atoms with Crippen molar-refractivity contribution >= 4 is 33.0 Å². The fourth-order valence-electron chi connectivity index (χ4n) is 3.06. The van der Waals surface area contributed by atoms with E-state index >= 15 is 0 Å². The van der Waals surface area contributed by atoms with Crippen molar-refractivity contribution in [3.05, 3.63) is 83.0 Å². The summed E-state index contributed by atoms with van der Waals surface area (Å²) in [5.41, 5.74) is 4.12. The standard InChI is InChI=1S/C22H17BrN2O2/c1-27-21-12-15(11-19(23)22(21)26)13-24-25-14-18(16-7-3-2-4-8-16)17-9-5-6-10-20(17)25/h2-14,26H,1H3. The van der Waals surface area contributed by atoms with Crippen LogP contribution in [0.25, 0.3) is 22.0 Å². The minimum Gasteiger partial charge on any atom is -0.503 e. The van der Waals surface area contributed by atoms with Gasteiger partial charge in [0, 0.05) is 17.1 Å². The van der Waals surface area contributed by atoms with Crippen LogP contribution < -0.4 is 4.74 Å². The molecule has 1 heterocycles. The second-order valence-corrected chi connectivity index (χ2v) is 6.92. The molecule has 4 nitrogen and oxygen atoms in total. The van der Waals surface area contributed by atoms with Crippen molar-refractivity contribution in [1.29, 1.82) is 0 Å². The Kier molecular flexibility index (Phi) is 4.69. The molecule has 5 heteroatoms. The number of fused-ring (bicyclic) bond motifs is 1. The quantitative estimate of drug-likeness (QED) is 0.432. The summed E-state index contributed by atoms with van der Waals surface area (Å²) in [5.74, 6) is 0.473. The molecule has 1 aromatic heterocycles.